The van der Waals surface area contributed by atoms with Crippen molar-refractivity contribution in [3.8, 4) is 0 Å². The molecular formula is C14H25IO2S. The van der Waals surface area contributed by atoms with Crippen molar-refractivity contribution in [2.45, 2.75) is 39.2 Å². The Hall–Kier alpha value is -0.230. The average molecular weight is 384 g/mol. The molecule has 0 aromatic heterocycles. The topological polar surface area (TPSA) is 26.3 Å². The summed E-state index contributed by atoms with van der Waals surface area (Å²) in [5, 5.41) is 0. The zero-order valence-electron chi connectivity index (χ0n) is 12.2. The number of carbonyl (C=O) groups excluding carboxylic acids is 1. The second-order valence-electron chi connectivity index (χ2n) is 2.26. The van der Waals surface area contributed by atoms with Crippen molar-refractivity contribution in [3.63, 3.8) is 0 Å². The smallest absolute Gasteiger partial charge is 0.293 e. The van der Waals surface area contributed by atoms with Gasteiger partial charge in [-0.3, -0.25) is 4.79 Å². The minimum absolute atomic E-state index is 0.359. The van der Waals surface area contributed by atoms with Crippen molar-refractivity contribution in [2.24, 2.45) is 0 Å². The lowest BCUT2D eigenvalue weighted by Crippen LogP contribution is -1.88. The van der Waals surface area contributed by atoms with Crippen LogP contribution in [0.2, 0.25) is 0 Å². The molecule has 0 atom stereocenters. The van der Waals surface area contributed by atoms with Crippen LogP contribution < -0.4 is 0 Å². The molecule has 0 spiro atoms. The van der Waals surface area contributed by atoms with Gasteiger partial charge in [-0.1, -0.05) is 62.4 Å². The van der Waals surface area contributed by atoms with Crippen LogP contribution in [-0.2, 0) is 16.1 Å². The number of carbonyl (C=O) groups is 1. The summed E-state index contributed by atoms with van der Waals surface area (Å²) in [6.45, 7) is 8.82. The van der Waals surface area contributed by atoms with Gasteiger partial charge in [0, 0.05) is 4.90 Å². The van der Waals surface area contributed by atoms with Gasteiger partial charge in [-0.15, -0.1) is 11.8 Å². The standard InChI is InChI=1S/C9H10O2S.2C2H6.CH3I/c1-12-9-4-2-8(3-5-9)6-11-7-10;3*1-2/h2-5,7H,6H2,1H3;2*1-2H3;1H3. The van der Waals surface area contributed by atoms with E-state index >= 15 is 0 Å². The van der Waals surface area contributed by atoms with E-state index < -0.39 is 0 Å². The maximum Gasteiger partial charge on any atom is 0.293 e. The van der Waals surface area contributed by atoms with Gasteiger partial charge in [0.05, 0.1) is 0 Å². The summed E-state index contributed by atoms with van der Waals surface area (Å²) >= 11 is 3.84. The number of hydrogen-bond acceptors (Lipinski definition) is 3. The Labute approximate surface area is 130 Å². The fraction of sp³-hybridized carbons (Fsp3) is 0.500. The Morgan fingerprint density at radius 1 is 1.11 bits per heavy atom. The fourth-order valence-electron chi connectivity index (χ4n) is 0.852. The van der Waals surface area contributed by atoms with Crippen LogP contribution in [0.25, 0.3) is 0 Å². The molecule has 0 unspecified atom stereocenters. The van der Waals surface area contributed by atoms with Gasteiger partial charge in [0.2, 0.25) is 0 Å². The van der Waals surface area contributed by atoms with Crippen molar-refractivity contribution < 1.29 is 9.53 Å². The van der Waals surface area contributed by atoms with Crippen LogP contribution >= 0.6 is 34.4 Å². The SMILES string of the molecule is CC.CC.CI.CSc1ccc(COC=O)cc1. The summed E-state index contributed by atoms with van der Waals surface area (Å²) in [5.41, 5.74) is 1.01. The third kappa shape index (κ3) is 13.8. The lowest BCUT2D eigenvalue weighted by atomic mass is 10.2. The summed E-state index contributed by atoms with van der Waals surface area (Å²) < 4.78 is 4.61. The van der Waals surface area contributed by atoms with Gasteiger partial charge in [0.1, 0.15) is 6.61 Å². The molecule has 18 heavy (non-hydrogen) atoms. The molecule has 0 aliphatic rings. The Kier molecular flexibility index (Phi) is 28.0. The molecule has 106 valence electrons. The van der Waals surface area contributed by atoms with Gasteiger partial charge in [-0.05, 0) is 28.9 Å². The molecule has 1 aromatic carbocycles. The lowest BCUT2D eigenvalue weighted by molar-refractivity contribution is -0.129. The number of alkyl halides is 1. The summed E-state index contributed by atoms with van der Waals surface area (Å²) in [6.07, 6.45) is 2.02. The molecular weight excluding hydrogens is 359 g/mol. The van der Waals surface area contributed by atoms with Gasteiger partial charge in [0.25, 0.3) is 6.47 Å². The van der Waals surface area contributed by atoms with E-state index in [0.29, 0.717) is 13.1 Å². The third-order valence-electron chi connectivity index (χ3n) is 1.48. The quantitative estimate of drug-likeness (QED) is 0.310. The molecule has 1 rings (SSSR count). The third-order valence-corrected chi connectivity index (χ3v) is 2.22. The normalized spacial score (nSPS) is 7.28. The molecule has 1 aromatic rings. The number of hydrogen-bond donors (Lipinski definition) is 0. The van der Waals surface area contributed by atoms with Gasteiger partial charge in [-0.25, -0.2) is 0 Å². The Balaban J connectivity index is -0.000000328. The van der Waals surface area contributed by atoms with Crippen molar-refractivity contribution in [2.75, 3.05) is 11.2 Å². The van der Waals surface area contributed by atoms with E-state index in [2.05, 4.69) is 27.3 Å². The second kappa shape index (κ2) is 22.0. The summed E-state index contributed by atoms with van der Waals surface area (Å²) in [5.74, 6) is 0. The molecule has 0 radical (unpaired) electrons. The first-order valence-corrected chi connectivity index (χ1v) is 9.31. The van der Waals surface area contributed by atoms with E-state index in [1.165, 1.54) is 4.90 Å². The van der Waals surface area contributed by atoms with Crippen LogP contribution in [-0.4, -0.2) is 17.7 Å². The first kappa shape index (κ1) is 22.9. The van der Waals surface area contributed by atoms with Gasteiger partial charge in [-0.2, -0.15) is 0 Å². The van der Waals surface area contributed by atoms with Crippen molar-refractivity contribution in [1.82, 2.24) is 0 Å². The highest BCUT2D eigenvalue weighted by molar-refractivity contribution is 14.1. The summed E-state index contributed by atoms with van der Waals surface area (Å²) in [6, 6.07) is 7.92. The van der Waals surface area contributed by atoms with Gasteiger partial charge >= 0.3 is 0 Å². The maximum absolute atomic E-state index is 9.87. The zero-order valence-corrected chi connectivity index (χ0v) is 15.2. The predicted molar refractivity (Wildman–Crippen MR) is 91.7 cm³/mol. The van der Waals surface area contributed by atoms with Crippen LogP contribution in [0.1, 0.15) is 33.3 Å². The first-order chi connectivity index (χ1) is 8.86. The second-order valence-corrected chi connectivity index (χ2v) is 3.13. The van der Waals surface area contributed by atoms with Crippen LogP contribution in [0.5, 0.6) is 0 Å². The van der Waals surface area contributed by atoms with Crippen molar-refractivity contribution >= 4 is 40.8 Å². The van der Waals surface area contributed by atoms with Crippen LogP contribution in [0.3, 0.4) is 0 Å². The number of ether oxygens (including phenoxy) is 1. The van der Waals surface area contributed by atoms with E-state index in [0.717, 1.165) is 5.56 Å². The van der Waals surface area contributed by atoms with Crippen LogP contribution in [0.4, 0.5) is 0 Å². The zero-order chi connectivity index (χ0) is 14.8. The molecule has 0 amide bonds. The monoisotopic (exact) mass is 384 g/mol. The van der Waals surface area contributed by atoms with E-state index in [-0.39, 0.29) is 0 Å². The number of rotatable bonds is 4. The Bertz CT molecular complexity index is 250. The number of thioether (sulfide) groups is 1. The van der Waals surface area contributed by atoms with E-state index in [4.69, 9.17) is 0 Å². The summed E-state index contributed by atoms with van der Waals surface area (Å²) in [7, 11) is 0. The fourth-order valence-corrected chi connectivity index (χ4v) is 1.26. The highest BCUT2D eigenvalue weighted by Crippen LogP contribution is 2.14. The average Bonchev–Trinajstić information content (AvgIpc) is 2.51. The van der Waals surface area contributed by atoms with Crippen LogP contribution in [0.15, 0.2) is 29.2 Å². The molecule has 0 aliphatic carbocycles. The molecule has 0 fully saturated rings. The van der Waals surface area contributed by atoms with E-state index in [9.17, 15) is 4.79 Å². The molecule has 0 saturated carbocycles. The molecule has 0 N–H and O–H groups in total. The minimum atomic E-state index is 0.359. The Morgan fingerprint density at radius 3 is 1.89 bits per heavy atom. The first-order valence-electron chi connectivity index (χ1n) is 5.93. The van der Waals surface area contributed by atoms with Gasteiger partial charge in [0.15, 0.2) is 0 Å². The van der Waals surface area contributed by atoms with E-state index in [1.807, 2.05) is 63.1 Å². The van der Waals surface area contributed by atoms with Crippen LogP contribution in [0, 0.1) is 0 Å². The number of halogens is 1. The maximum atomic E-state index is 9.87. The minimum Gasteiger partial charge on any atom is -0.463 e. The molecule has 0 heterocycles. The lowest BCUT2D eigenvalue weighted by Gasteiger charge is -2.00. The van der Waals surface area contributed by atoms with E-state index in [1.54, 1.807) is 11.8 Å². The highest BCUT2D eigenvalue weighted by atomic mass is 127. The molecule has 2 nitrogen and oxygen atoms in total. The largest absolute Gasteiger partial charge is 0.463 e. The molecule has 0 bridgehead atoms. The molecule has 0 aliphatic heterocycles. The van der Waals surface area contributed by atoms with Gasteiger partial charge < -0.3 is 4.74 Å². The summed E-state index contributed by atoms with van der Waals surface area (Å²) in [4.78, 5) is 13.1. The molecule has 0 saturated heterocycles. The Morgan fingerprint density at radius 2 is 1.56 bits per heavy atom. The van der Waals surface area contributed by atoms with Crippen molar-refractivity contribution in [1.29, 1.82) is 0 Å². The highest BCUT2D eigenvalue weighted by Gasteiger charge is 1.92. The number of benzene rings is 1. The van der Waals surface area contributed by atoms with Crippen molar-refractivity contribution in [3.05, 3.63) is 29.8 Å². The predicted octanol–water partition coefficient (Wildman–Crippen LogP) is 5.19. The molecule has 4 heteroatoms.